The van der Waals surface area contributed by atoms with E-state index in [9.17, 15) is 9.59 Å². The second-order valence-corrected chi connectivity index (χ2v) is 5.20. The maximum Gasteiger partial charge on any atom is 0.255 e. The van der Waals surface area contributed by atoms with Gasteiger partial charge in [-0.3, -0.25) is 9.59 Å². The molecule has 0 heterocycles. The molecule has 2 rings (SSSR count). The van der Waals surface area contributed by atoms with Crippen LogP contribution in [0.2, 0.25) is 0 Å². The van der Waals surface area contributed by atoms with E-state index in [2.05, 4.69) is 10.6 Å². The van der Waals surface area contributed by atoms with Gasteiger partial charge in [-0.25, -0.2) is 0 Å². The number of rotatable bonds is 5. The van der Waals surface area contributed by atoms with E-state index in [1.165, 1.54) is 14.0 Å². The molecule has 0 spiro atoms. The van der Waals surface area contributed by atoms with Crippen LogP contribution in [0.15, 0.2) is 48.5 Å². The number of carbonyl (C=O) groups excluding carboxylic acids is 2. The predicted molar refractivity (Wildman–Crippen MR) is 89.6 cm³/mol. The van der Waals surface area contributed by atoms with Crippen LogP contribution in [0.1, 0.15) is 35.8 Å². The molecule has 0 saturated carbocycles. The Morgan fingerprint density at radius 1 is 1.09 bits per heavy atom. The van der Waals surface area contributed by atoms with Crippen molar-refractivity contribution in [3.05, 3.63) is 59.7 Å². The van der Waals surface area contributed by atoms with Gasteiger partial charge in [-0.15, -0.1) is 0 Å². The minimum atomic E-state index is -0.208. The third-order valence-corrected chi connectivity index (χ3v) is 3.41. The largest absolute Gasteiger partial charge is 0.496 e. The molecule has 2 aromatic rings. The van der Waals surface area contributed by atoms with Gasteiger partial charge in [0.25, 0.3) is 5.91 Å². The van der Waals surface area contributed by atoms with Gasteiger partial charge in [0.15, 0.2) is 0 Å². The Labute approximate surface area is 135 Å². The molecule has 1 atom stereocenters. The molecule has 0 fully saturated rings. The van der Waals surface area contributed by atoms with Gasteiger partial charge >= 0.3 is 0 Å². The molecule has 2 amide bonds. The zero-order chi connectivity index (χ0) is 16.8. The Kier molecular flexibility index (Phi) is 5.36. The Bertz CT molecular complexity index is 713. The van der Waals surface area contributed by atoms with Gasteiger partial charge in [-0.1, -0.05) is 24.3 Å². The molecule has 5 heteroatoms. The van der Waals surface area contributed by atoms with E-state index in [1.54, 1.807) is 24.3 Å². The summed E-state index contributed by atoms with van der Waals surface area (Å²) in [5.41, 5.74) is 2.09. The van der Waals surface area contributed by atoms with E-state index in [4.69, 9.17) is 4.74 Å². The van der Waals surface area contributed by atoms with Gasteiger partial charge in [-0.05, 0) is 36.8 Å². The van der Waals surface area contributed by atoms with Crippen molar-refractivity contribution in [2.75, 3.05) is 12.4 Å². The molecular formula is C18H20N2O3. The molecule has 23 heavy (non-hydrogen) atoms. The van der Waals surface area contributed by atoms with Crippen molar-refractivity contribution in [3.63, 3.8) is 0 Å². The maximum absolute atomic E-state index is 12.4. The summed E-state index contributed by atoms with van der Waals surface area (Å²) < 4.78 is 5.21. The molecule has 0 aliphatic rings. The zero-order valence-corrected chi connectivity index (χ0v) is 13.4. The second kappa shape index (κ2) is 7.45. The van der Waals surface area contributed by atoms with Crippen LogP contribution in [0, 0.1) is 0 Å². The summed E-state index contributed by atoms with van der Waals surface area (Å²) in [6.45, 7) is 3.35. The molecule has 0 saturated heterocycles. The van der Waals surface area contributed by atoms with E-state index < -0.39 is 0 Å². The average Bonchev–Trinajstić information content (AvgIpc) is 2.54. The number of ether oxygens (including phenoxy) is 1. The van der Waals surface area contributed by atoms with Crippen LogP contribution in [-0.4, -0.2) is 18.9 Å². The SMILES string of the molecule is COc1ccccc1C(=O)NC(C)c1cccc(NC(C)=O)c1. The molecule has 0 aromatic heterocycles. The number of hydrogen-bond donors (Lipinski definition) is 2. The van der Waals surface area contributed by atoms with Crippen LogP contribution < -0.4 is 15.4 Å². The monoisotopic (exact) mass is 312 g/mol. The molecular weight excluding hydrogens is 292 g/mol. The number of anilines is 1. The first-order valence-electron chi connectivity index (χ1n) is 7.32. The first-order chi connectivity index (χ1) is 11.0. The molecule has 0 aliphatic carbocycles. The smallest absolute Gasteiger partial charge is 0.255 e. The maximum atomic E-state index is 12.4. The summed E-state index contributed by atoms with van der Waals surface area (Å²) in [5.74, 6) is 0.192. The summed E-state index contributed by atoms with van der Waals surface area (Å²) >= 11 is 0. The summed E-state index contributed by atoms with van der Waals surface area (Å²) in [6.07, 6.45) is 0. The Hall–Kier alpha value is -2.82. The van der Waals surface area contributed by atoms with Gasteiger partial charge < -0.3 is 15.4 Å². The summed E-state index contributed by atoms with van der Waals surface area (Å²) in [5, 5.41) is 5.67. The van der Waals surface area contributed by atoms with Crippen LogP contribution in [0.5, 0.6) is 5.75 Å². The van der Waals surface area contributed by atoms with Gasteiger partial charge in [-0.2, -0.15) is 0 Å². The van der Waals surface area contributed by atoms with Crippen molar-refractivity contribution >= 4 is 17.5 Å². The highest BCUT2D eigenvalue weighted by Gasteiger charge is 2.15. The molecule has 2 N–H and O–H groups in total. The van der Waals surface area contributed by atoms with E-state index in [0.717, 1.165) is 5.56 Å². The number of hydrogen-bond acceptors (Lipinski definition) is 3. The fraction of sp³-hybridized carbons (Fsp3) is 0.222. The van der Waals surface area contributed by atoms with Crippen molar-refractivity contribution in [2.24, 2.45) is 0 Å². The van der Waals surface area contributed by atoms with Gasteiger partial charge in [0.2, 0.25) is 5.91 Å². The Balaban J connectivity index is 2.13. The van der Waals surface area contributed by atoms with Gasteiger partial charge in [0.1, 0.15) is 5.75 Å². The number of para-hydroxylation sites is 1. The van der Waals surface area contributed by atoms with Crippen molar-refractivity contribution in [2.45, 2.75) is 19.9 Å². The first kappa shape index (κ1) is 16.5. The molecule has 0 bridgehead atoms. The number of benzene rings is 2. The highest BCUT2D eigenvalue weighted by atomic mass is 16.5. The molecule has 120 valence electrons. The minimum absolute atomic E-state index is 0.132. The highest BCUT2D eigenvalue weighted by Crippen LogP contribution is 2.21. The van der Waals surface area contributed by atoms with Gasteiger partial charge in [0, 0.05) is 12.6 Å². The fourth-order valence-corrected chi connectivity index (χ4v) is 2.28. The third-order valence-electron chi connectivity index (χ3n) is 3.41. The normalized spacial score (nSPS) is 11.4. The quantitative estimate of drug-likeness (QED) is 0.891. The van der Waals surface area contributed by atoms with Crippen molar-refractivity contribution in [3.8, 4) is 5.75 Å². The molecule has 1 unspecified atom stereocenters. The highest BCUT2D eigenvalue weighted by molar-refractivity contribution is 5.97. The number of amides is 2. The van der Waals surface area contributed by atoms with Crippen LogP contribution in [0.4, 0.5) is 5.69 Å². The predicted octanol–water partition coefficient (Wildman–Crippen LogP) is 3.14. The fourth-order valence-electron chi connectivity index (χ4n) is 2.28. The van der Waals surface area contributed by atoms with Crippen LogP contribution in [0.25, 0.3) is 0 Å². The molecule has 2 aromatic carbocycles. The zero-order valence-electron chi connectivity index (χ0n) is 13.4. The average molecular weight is 312 g/mol. The van der Waals surface area contributed by atoms with Crippen molar-refractivity contribution in [1.29, 1.82) is 0 Å². The standard InChI is InChI=1S/C18H20N2O3/c1-12(14-7-6-8-15(11-14)20-13(2)21)19-18(22)16-9-4-5-10-17(16)23-3/h4-12H,1-3H3,(H,19,22)(H,20,21). The Morgan fingerprint density at radius 2 is 1.83 bits per heavy atom. The lowest BCUT2D eigenvalue weighted by Gasteiger charge is -2.16. The molecule has 0 radical (unpaired) electrons. The first-order valence-corrected chi connectivity index (χ1v) is 7.32. The van der Waals surface area contributed by atoms with Crippen LogP contribution >= 0.6 is 0 Å². The van der Waals surface area contributed by atoms with Crippen LogP contribution in [0.3, 0.4) is 0 Å². The Morgan fingerprint density at radius 3 is 2.52 bits per heavy atom. The molecule has 0 aliphatic heterocycles. The second-order valence-electron chi connectivity index (χ2n) is 5.20. The topological polar surface area (TPSA) is 67.4 Å². The summed E-state index contributed by atoms with van der Waals surface area (Å²) in [6, 6.07) is 14.3. The minimum Gasteiger partial charge on any atom is -0.496 e. The third kappa shape index (κ3) is 4.32. The summed E-state index contributed by atoms with van der Waals surface area (Å²) in [7, 11) is 1.53. The lowest BCUT2D eigenvalue weighted by Crippen LogP contribution is -2.27. The lowest BCUT2D eigenvalue weighted by molar-refractivity contribution is -0.114. The van der Waals surface area contributed by atoms with Crippen molar-refractivity contribution in [1.82, 2.24) is 5.32 Å². The summed E-state index contributed by atoms with van der Waals surface area (Å²) in [4.78, 5) is 23.5. The van der Waals surface area contributed by atoms with E-state index >= 15 is 0 Å². The van der Waals surface area contributed by atoms with Crippen LogP contribution in [-0.2, 0) is 4.79 Å². The number of methoxy groups -OCH3 is 1. The molecule has 5 nitrogen and oxygen atoms in total. The van der Waals surface area contributed by atoms with E-state index in [0.29, 0.717) is 17.0 Å². The van der Waals surface area contributed by atoms with E-state index in [-0.39, 0.29) is 17.9 Å². The van der Waals surface area contributed by atoms with Gasteiger partial charge in [0.05, 0.1) is 18.7 Å². The van der Waals surface area contributed by atoms with E-state index in [1.807, 2.05) is 31.2 Å². The van der Waals surface area contributed by atoms with Crippen molar-refractivity contribution < 1.29 is 14.3 Å². The lowest BCUT2D eigenvalue weighted by atomic mass is 10.1. The number of nitrogens with one attached hydrogen (secondary N) is 2. The number of carbonyl (C=O) groups is 2.